The predicted molar refractivity (Wildman–Crippen MR) is 66.6 cm³/mol. The summed E-state index contributed by atoms with van der Waals surface area (Å²) in [5.74, 6) is -1.54. The molecule has 19 heavy (non-hydrogen) atoms. The molecule has 7 heteroatoms. The number of amides is 2. The first-order valence-electron chi connectivity index (χ1n) is 6.24. The van der Waals surface area contributed by atoms with Gasteiger partial charge in [0.05, 0.1) is 7.11 Å². The van der Waals surface area contributed by atoms with E-state index < -0.39 is 30.1 Å². The molecule has 0 radical (unpaired) electrons. The van der Waals surface area contributed by atoms with Gasteiger partial charge in [-0.3, -0.25) is 0 Å². The molecule has 7 nitrogen and oxygen atoms in total. The van der Waals surface area contributed by atoms with E-state index in [9.17, 15) is 14.4 Å². The fraction of sp³-hybridized carbons (Fsp3) is 0.750. The number of likely N-dealkylation sites (N-methyl/N-ethyl adjacent to an activating group) is 1. The lowest BCUT2D eigenvalue weighted by Crippen LogP contribution is -2.55. The van der Waals surface area contributed by atoms with Gasteiger partial charge in [-0.2, -0.15) is 0 Å². The molecule has 0 aliphatic carbocycles. The molecule has 1 aliphatic rings. The molecule has 1 aliphatic heterocycles. The van der Waals surface area contributed by atoms with Gasteiger partial charge in [-0.25, -0.2) is 14.4 Å². The van der Waals surface area contributed by atoms with Gasteiger partial charge >= 0.3 is 18.0 Å². The highest BCUT2D eigenvalue weighted by molar-refractivity contribution is 5.86. The zero-order valence-corrected chi connectivity index (χ0v) is 11.5. The maximum atomic E-state index is 12.3. The molecule has 1 fully saturated rings. The van der Waals surface area contributed by atoms with Crippen molar-refractivity contribution in [2.24, 2.45) is 0 Å². The molecule has 0 aromatic carbocycles. The van der Waals surface area contributed by atoms with Crippen LogP contribution in [0.3, 0.4) is 0 Å². The molecule has 0 spiro atoms. The van der Waals surface area contributed by atoms with Crippen LogP contribution in [0.25, 0.3) is 0 Å². The fourth-order valence-corrected chi connectivity index (χ4v) is 2.08. The number of nitrogens with zero attached hydrogens (tertiary/aromatic N) is 2. The van der Waals surface area contributed by atoms with Crippen molar-refractivity contribution < 1.29 is 24.2 Å². The SMILES string of the molecule is COC(=O)C1CCCCN1C(=O)N(C)C(C)C(=O)O. The van der Waals surface area contributed by atoms with Crippen molar-refractivity contribution in [2.45, 2.75) is 38.3 Å². The van der Waals surface area contributed by atoms with Gasteiger partial charge in [0.2, 0.25) is 0 Å². The number of ether oxygens (including phenoxy) is 1. The number of piperidine rings is 1. The van der Waals surface area contributed by atoms with Crippen LogP contribution in [0.15, 0.2) is 0 Å². The first-order valence-corrected chi connectivity index (χ1v) is 6.24. The smallest absolute Gasteiger partial charge is 0.328 e. The van der Waals surface area contributed by atoms with E-state index in [1.165, 1.54) is 26.0 Å². The van der Waals surface area contributed by atoms with Gasteiger partial charge in [-0.1, -0.05) is 0 Å². The standard InChI is InChI=1S/C12H20N2O5/c1-8(10(15)16)13(2)12(18)14-7-5-4-6-9(14)11(17)19-3/h8-9H,4-7H2,1-3H3,(H,15,16). The maximum absolute atomic E-state index is 12.3. The Labute approximate surface area is 112 Å². The van der Waals surface area contributed by atoms with E-state index in [2.05, 4.69) is 0 Å². The van der Waals surface area contributed by atoms with Crippen molar-refractivity contribution >= 4 is 18.0 Å². The highest BCUT2D eigenvalue weighted by atomic mass is 16.5. The molecule has 2 amide bonds. The minimum Gasteiger partial charge on any atom is -0.480 e. The predicted octanol–water partition coefficient (Wildman–Crippen LogP) is 0.539. The maximum Gasteiger partial charge on any atom is 0.328 e. The van der Waals surface area contributed by atoms with E-state index in [4.69, 9.17) is 9.84 Å². The van der Waals surface area contributed by atoms with Crippen molar-refractivity contribution in [3.05, 3.63) is 0 Å². The molecule has 2 unspecified atom stereocenters. The molecular formula is C12H20N2O5. The van der Waals surface area contributed by atoms with Crippen LogP contribution in [-0.4, -0.2) is 65.7 Å². The summed E-state index contributed by atoms with van der Waals surface area (Å²) in [5, 5.41) is 8.92. The van der Waals surface area contributed by atoms with Gasteiger partial charge in [0.15, 0.2) is 0 Å². The largest absolute Gasteiger partial charge is 0.480 e. The van der Waals surface area contributed by atoms with E-state index in [1.54, 1.807) is 0 Å². The zero-order chi connectivity index (χ0) is 14.6. The topological polar surface area (TPSA) is 87.2 Å². The molecule has 108 valence electrons. The number of carbonyl (C=O) groups is 3. The normalized spacial score (nSPS) is 20.6. The van der Waals surface area contributed by atoms with E-state index in [1.807, 2.05) is 0 Å². The Morgan fingerprint density at radius 3 is 2.53 bits per heavy atom. The molecule has 1 rings (SSSR count). The van der Waals surface area contributed by atoms with Crippen molar-refractivity contribution in [3.63, 3.8) is 0 Å². The minimum absolute atomic E-state index is 0.440. The van der Waals surface area contributed by atoms with Crippen molar-refractivity contribution in [3.8, 4) is 0 Å². The number of carbonyl (C=O) groups excluding carboxylic acids is 2. The van der Waals surface area contributed by atoms with Crippen LogP contribution in [0.2, 0.25) is 0 Å². The Morgan fingerprint density at radius 1 is 1.37 bits per heavy atom. The van der Waals surface area contributed by atoms with Crippen molar-refractivity contribution in [2.75, 3.05) is 20.7 Å². The number of hydrogen-bond donors (Lipinski definition) is 1. The van der Waals surface area contributed by atoms with Crippen LogP contribution in [0.1, 0.15) is 26.2 Å². The second kappa shape index (κ2) is 6.40. The lowest BCUT2D eigenvalue weighted by molar-refractivity contribution is -0.147. The average molecular weight is 272 g/mol. The molecule has 1 saturated heterocycles. The summed E-state index contributed by atoms with van der Waals surface area (Å²) in [6.07, 6.45) is 2.20. The number of urea groups is 1. The molecule has 0 aromatic heterocycles. The first kappa shape index (κ1) is 15.3. The van der Waals surface area contributed by atoms with Crippen LogP contribution < -0.4 is 0 Å². The number of esters is 1. The molecule has 0 aromatic rings. The van der Waals surface area contributed by atoms with Crippen LogP contribution in [0.5, 0.6) is 0 Å². The lowest BCUT2D eigenvalue weighted by atomic mass is 10.0. The van der Waals surface area contributed by atoms with E-state index in [0.717, 1.165) is 17.7 Å². The molecular weight excluding hydrogens is 252 g/mol. The Bertz CT molecular complexity index is 371. The monoisotopic (exact) mass is 272 g/mol. The van der Waals surface area contributed by atoms with E-state index >= 15 is 0 Å². The number of aliphatic carboxylic acids is 1. The lowest BCUT2D eigenvalue weighted by Gasteiger charge is -2.37. The summed E-state index contributed by atoms with van der Waals surface area (Å²) in [5.41, 5.74) is 0. The highest BCUT2D eigenvalue weighted by Crippen LogP contribution is 2.20. The van der Waals surface area contributed by atoms with Crippen LogP contribution >= 0.6 is 0 Å². The van der Waals surface area contributed by atoms with Crippen LogP contribution in [-0.2, 0) is 14.3 Å². The summed E-state index contributed by atoms with van der Waals surface area (Å²) < 4.78 is 4.69. The third kappa shape index (κ3) is 3.36. The van der Waals surface area contributed by atoms with Gasteiger partial charge in [0.25, 0.3) is 0 Å². The second-order valence-electron chi connectivity index (χ2n) is 4.64. The fourth-order valence-electron chi connectivity index (χ4n) is 2.08. The summed E-state index contributed by atoms with van der Waals surface area (Å²) in [4.78, 5) is 37.3. The minimum atomic E-state index is -1.08. The third-order valence-electron chi connectivity index (χ3n) is 3.46. The highest BCUT2D eigenvalue weighted by Gasteiger charge is 2.36. The van der Waals surface area contributed by atoms with Gasteiger partial charge < -0.3 is 19.6 Å². The van der Waals surface area contributed by atoms with Gasteiger partial charge in [-0.05, 0) is 26.2 Å². The number of likely N-dealkylation sites (tertiary alicyclic amines) is 1. The molecule has 2 atom stereocenters. The molecule has 1 heterocycles. The number of methoxy groups -OCH3 is 1. The van der Waals surface area contributed by atoms with Crippen molar-refractivity contribution in [1.29, 1.82) is 0 Å². The first-order chi connectivity index (χ1) is 8.90. The summed E-state index contributed by atoms with van der Waals surface area (Å²) in [6.45, 7) is 1.87. The summed E-state index contributed by atoms with van der Waals surface area (Å²) in [6, 6.07) is -2.01. The average Bonchev–Trinajstić information content (AvgIpc) is 2.43. The van der Waals surface area contributed by atoms with Gasteiger partial charge in [0, 0.05) is 13.6 Å². The molecule has 0 bridgehead atoms. The Balaban J connectivity index is 2.82. The summed E-state index contributed by atoms with van der Waals surface area (Å²) >= 11 is 0. The van der Waals surface area contributed by atoms with Crippen LogP contribution in [0, 0.1) is 0 Å². The third-order valence-corrected chi connectivity index (χ3v) is 3.46. The Kier molecular flexibility index (Phi) is 5.14. The second-order valence-corrected chi connectivity index (χ2v) is 4.64. The van der Waals surface area contributed by atoms with E-state index in [0.29, 0.717) is 13.0 Å². The van der Waals surface area contributed by atoms with Crippen molar-refractivity contribution in [1.82, 2.24) is 9.80 Å². The number of carboxylic acids is 1. The van der Waals surface area contributed by atoms with E-state index in [-0.39, 0.29) is 0 Å². The zero-order valence-electron chi connectivity index (χ0n) is 11.5. The number of carboxylic acid groups (broad SMARTS) is 1. The number of rotatable bonds is 3. The Hall–Kier alpha value is -1.79. The molecule has 1 N–H and O–H groups in total. The van der Waals surface area contributed by atoms with Crippen LogP contribution in [0.4, 0.5) is 4.79 Å². The Morgan fingerprint density at radius 2 is 2.00 bits per heavy atom. The summed E-state index contributed by atoms with van der Waals surface area (Å²) in [7, 11) is 2.70. The quantitative estimate of drug-likeness (QED) is 0.758. The van der Waals surface area contributed by atoms with Gasteiger partial charge in [-0.15, -0.1) is 0 Å². The molecule has 0 saturated carbocycles. The van der Waals surface area contributed by atoms with Gasteiger partial charge in [0.1, 0.15) is 12.1 Å². The number of hydrogen-bond acceptors (Lipinski definition) is 4.